The molecule has 0 bridgehead atoms. The van der Waals surface area contributed by atoms with Gasteiger partial charge in [-0.25, -0.2) is 9.03 Å². The maximum Gasteiger partial charge on any atom is 0.326 e. The fourth-order valence-electron chi connectivity index (χ4n) is 4.59. The number of anilines is 1. The van der Waals surface area contributed by atoms with Gasteiger partial charge in [0.1, 0.15) is 0 Å². The van der Waals surface area contributed by atoms with Crippen molar-refractivity contribution in [2.24, 2.45) is 12.8 Å². The summed E-state index contributed by atoms with van der Waals surface area (Å²) >= 11 is 0. The molecular formula is C20H27N5NaO3S. The largest absolute Gasteiger partial charge is 0.329 e. The van der Waals surface area contributed by atoms with Gasteiger partial charge in [0, 0.05) is 55.9 Å². The summed E-state index contributed by atoms with van der Waals surface area (Å²) in [6, 6.07) is 2.30. The van der Waals surface area contributed by atoms with Gasteiger partial charge >= 0.3 is 10.2 Å². The van der Waals surface area contributed by atoms with Crippen LogP contribution in [0.4, 0.5) is 5.69 Å². The number of nitrogens with zero attached hydrogens (tertiary/aromatic N) is 3. The zero-order chi connectivity index (χ0) is 20.6. The van der Waals surface area contributed by atoms with E-state index in [9.17, 15) is 13.2 Å². The summed E-state index contributed by atoms with van der Waals surface area (Å²) in [6.07, 6.45) is 9.31. The quantitative estimate of drug-likeness (QED) is 0.605. The van der Waals surface area contributed by atoms with Crippen LogP contribution in [0.1, 0.15) is 40.7 Å². The Morgan fingerprint density at radius 3 is 2.37 bits per heavy atom. The zero-order valence-electron chi connectivity index (χ0n) is 17.6. The second-order valence-corrected chi connectivity index (χ2v) is 9.37. The number of aryl methyl sites for hydroxylation is 3. The first-order chi connectivity index (χ1) is 13.9. The van der Waals surface area contributed by atoms with Crippen molar-refractivity contribution in [2.75, 3.05) is 17.4 Å². The van der Waals surface area contributed by atoms with Gasteiger partial charge in [0.05, 0.1) is 18.3 Å². The van der Waals surface area contributed by atoms with Gasteiger partial charge in [0.2, 0.25) is 5.91 Å². The Bertz CT molecular complexity index is 1020. The van der Waals surface area contributed by atoms with Crippen molar-refractivity contribution in [3.05, 3.63) is 46.3 Å². The van der Waals surface area contributed by atoms with Crippen molar-refractivity contribution in [1.82, 2.24) is 14.5 Å². The van der Waals surface area contributed by atoms with E-state index in [1.807, 2.05) is 0 Å². The first kappa shape index (κ1) is 23.3. The molecule has 1 radical (unpaired) electrons. The summed E-state index contributed by atoms with van der Waals surface area (Å²) in [7, 11) is -2.37. The van der Waals surface area contributed by atoms with Crippen molar-refractivity contribution in [2.45, 2.75) is 44.9 Å². The number of nitrogens with one attached hydrogen (secondary N) is 1. The number of rotatable bonds is 7. The van der Waals surface area contributed by atoms with E-state index in [0.29, 0.717) is 5.69 Å². The normalized spacial score (nSPS) is 14.7. The van der Waals surface area contributed by atoms with Crippen LogP contribution in [-0.2, 0) is 54.2 Å². The number of benzene rings is 1. The monoisotopic (exact) mass is 440 g/mol. The van der Waals surface area contributed by atoms with Crippen LogP contribution in [0.25, 0.3) is 0 Å². The topological polar surface area (TPSA) is 110 Å². The maximum absolute atomic E-state index is 12.9. The Hall–Kier alpha value is -1.39. The van der Waals surface area contributed by atoms with Crippen LogP contribution >= 0.6 is 0 Å². The van der Waals surface area contributed by atoms with Crippen LogP contribution in [0.5, 0.6) is 0 Å². The molecule has 30 heavy (non-hydrogen) atoms. The van der Waals surface area contributed by atoms with Gasteiger partial charge in [0.25, 0.3) is 0 Å². The second-order valence-electron chi connectivity index (χ2n) is 7.78. The van der Waals surface area contributed by atoms with Gasteiger partial charge in [0.15, 0.2) is 0 Å². The van der Waals surface area contributed by atoms with Crippen LogP contribution in [-0.4, -0.2) is 66.8 Å². The third kappa shape index (κ3) is 4.60. The molecule has 0 atom stereocenters. The maximum atomic E-state index is 12.9. The molecule has 3 N–H and O–H groups in total. The van der Waals surface area contributed by atoms with Crippen molar-refractivity contribution in [3.8, 4) is 0 Å². The van der Waals surface area contributed by atoms with Gasteiger partial charge < -0.3 is 5.73 Å². The molecule has 4 rings (SSSR count). The average Bonchev–Trinajstić information content (AvgIpc) is 3.39. The molecule has 1 aromatic heterocycles. The molecule has 0 saturated carbocycles. The minimum atomic E-state index is -4.07. The van der Waals surface area contributed by atoms with Crippen LogP contribution in [0.15, 0.2) is 18.5 Å². The van der Waals surface area contributed by atoms with E-state index in [1.165, 1.54) is 33.1 Å². The second kappa shape index (κ2) is 9.40. The molecule has 2 aromatic rings. The number of hydrogen-bond acceptors (Lipinski definition) is 5. The van der Waals surface area contributed by atoms with Crippen LogP contribution in [0, 0.1) is 0 Å². The number of amides is 1. The molecule has 0 unspecified atom stereocenters. The van der Waals surface area contributed by atoms with Crippen molar-refractivity contribution in [1.29, 1.82) is 0 Å². The van der Waals surface area contributed by atoms with E-state index in [2.05, 4.69) is 15.9 Å². The molecule has 1 heterocycles. The Labute approximate surface area is 199 Å². The molecule has 0 fully saturated rings. The van der Waals surface area contributed by atoms with E-state index in [-0.39, 0.29) is 49.1 Å². The number of carbonyl (C=O) groups is 1. The van der Waals surface area contributed by atoms with Crippen molar-refractivity contribution >= 4 is 51.4 Å². The molecule has 1 aromatic carbocycles. The van der Waals surface area contributed by atoms with Gasteiger partial charge in [-0.3, -0.25) is 9.48 Å². The van der Waals surface area contributed by atoms with Crippen LogP contribution < -0.4 is 14.8 Å². The Morgan fingerprint density at radius 1 is 1.20 bits per heavy atom. The van der Waals surface area contributed by atoms with Gasteiger partial charge in [-0.05, 0) is 66.3 Å². The van der Waals surface area contributed by atoms with Crippen molar-refractivity contribution < 1.29 is 13.2 Å². The average molecular weight is 441 g/mol. The smallest absolute Gasteiger partial charge is 0.326 e. The summed E-state index contributed by atoms with van der Waals surface area (Å²) < 4.78 is 30.6. The SMILES string of the molecule is Cn1cc(N(CCN)S(=O)(=O)NC(=O)Cc2c3c(cc4c2CCC4)CCC3)cn1.[Na]. The standard InChI is InChI=1S/C20H27N5O3S.Na/c1-24-13-16(12-22-24)25(9-8-21)29(27,28)23-20(26)11-19-17-6-2-4-14(17)10-15-5-3-7-18(15)19;/h10,12-13H,2-9,11,21H2,1H3,(H,23,26);. The minimum Gasteiger partial charge on any atom is -0.329 e. The number of fused-ring (bicyclic) bond motifs is 2. The summed E-state index contributed by atoms with van der Waals surface area (Å²) in [6.45, 7) is 0.189. The van der Waals surface area contributed by atoms with E-state index in [1.54, 1.807) is 13.2 Å². The number of hydrogen-bond donors (Lipinski definition) is 2. The van der Waals surface area contributed by atoms with Gasteiger partial charge in [-0.2, -0.15) is 13.5 Å². The molecule has 8 nitrogen and oxygen atoms in total. The van der Waals surface area contributed by atoms with E-state index in [0.717, 1.165) is 48.4 Å². The molecule has 157 valence electrons. The first-order valence-electron chi connectivity index (χ1n) is 10.1. The van der Waals surface area contributed by atoms with E-state index >= 15 is 0 Å². The zero-order valence-corrected chi connectivity index (χ0v) is 20.5. The first-order valence-corrected chi connectivity index (χ1v) is 11.5. The third-order valence-electron chi connectivity index (χ3n) is 5.78. The molecule has 0 aliphatic heterocycles. The molecule has 0 saturated heterocycles. The number of nitrogens with two attached hydrogens (primary N) is 1. The van der Waals surface area contributed by atoms with Gasteiger partial charge in [-0.1, -0.05) is 6.07 Å². The molecule has 2 aliphatic carbocycles. The summed E-state index contributed by atoms with van der Waals surface area (Å²) in [4.78, 5) is 12.8. The van der Waals surface area contributed by atoms with E-state index in [4.69, 9.17) is 5.73 Å². The van der Waals surface area contributed by atoms with Crippen molar-refractivity contribution in [3.63, 3.8) is 0 Å². The minimum absolute atomic E-state index is 0. The summed E-state index contributed by atoms with van der Waals surface area (Å²) in [5.74, 6) is -0.509. The van der Waals surface area contributed by atoms with E-state index < -0.39 is 16.1 Å². The third-order valence-corrected chi connectivity index (χ3v) is 7.24. The predicted octanol–water partition coefficient (Wildman–Crippen LogP) is 0.386. The van der Waals surface area contributed by atoms with Gasteiger partial charge in [-0.15, -0.1) is 0 Å². The molecular weight excluding hydrogens is 413 g/mol. The molecule has 10 heteroatoms. The van der Waals surface area contributed by atoms with Crippen LogP contribution in [0.3, 0.4) is 0 Å². The Balaban J connectivity index is 0.00000256. The molecule has 0 spiro atoms. The summed E-state index contributed by atoms with van der Waals surface area (Å²) in [5.41, 5.74) is 12.2. The fourth-order valence-corrected chi connectivity index (χ4v) is 5.77. The summed E-state index contributed by atoms with van der Waals surface area (Å²) in [5, 5.41) is 4.02. The molecule has 2 aliphatic rings. The number of carbonyl (C=O) groups excluding carboxylic acids is 1. The Morgan fingerprint density at radius 2 is 1.83 bits per heavy atom. The fraction of sp³-hybridized carbons (Fsp3) is 0.500. The van der Waals surface area contributed by atoms with Crippen LogP contribution in [0.2, 0.25) is 0 Å². The predicted molar refractivity (Wildman–Crippen MR) is 117 cm³/mol. The number of aromatic nitrogens is 2. The molecule has 1 amide bonds. The Kier molecular flexibility index (Phi) is 7.29.